The van der Waals surface area contributed by atoms with Gasteiger partial charge in [0.1, 0.15) is 16.5 Å². The molecule has 4 N–H and O–H groups in total. The van der Waals surface area contributed by atoms with Crippen LogP contribution in [-0.4, -0.2) is 22.6 Å². The number of rotatable bonds is 4. The van der Waals surface area contributed by atoms with Gasteiger partial charge in [-0.25, -0.2) is 9.37 Å². The number of hydrogen-bond acceptors (Lipinski definition) is 4. The molecule has 0 aliphatic heterocycles. The van der Waals surface area contributed by atoms with Gasteiger partial charge in [0.15, 0.2) is 12.4 Å². The highest BCUT2D eigenvalue weighted by molar-refractivity contribution is 6.30. The van der Waals surface area contributed by atoms with Crippen LogP contribution in [0.2, 0.25) is 5.15 Å². The number of aromatic amines is 1. The maximum atomic E-state index is 14.2. The Bertz CT molecular complexity index is 1420. The predicted octanol–water partition coefficient (Wildman–Crippen LogP) is 4.97. The second kappa shape index (κ2) is 9.29. The van der Waals surface area contributed by atoms with Gasteiger partial charge in [0.2, 0.25) is 0 Å². The molecular weight excluding hydrogens is 464 g/mol. The molecule has 0 saturated heterocycles. The van der Waals surface area contributed by atoms with Gasteiger partial charge in [-0.15, -0.1) is 11.6 Å². The zero-order chi connectivity index (χ0) is 23.7. The number of pyridine rings is 3. The third kappa shape index (κ3) is 4.10. The number of benzene rings is 1. The van der Waals surface area contributed by atoms with Crippen molar-refractivity contribution in [1.82, 2.24) is 9.97 Å². The van der Waals surface area contributed by atoms with E-state index >= 15 is 0 Å². The molecule has 0 amide bonds. The van der Waals surface area contributed by atoms with E-state index in [1.807, 2.05) is 12.1 Å². The van der Waals surface area contributed by atoms with Gasteiger partial charge >= 0.3 is 5.56 Å². The maximum absolute atomic E-state index is 14.2. The van der Waals surface area contributed by atoms with Crippen LogP contribution < -0.4 is 15.9 Å². The lowest BCUT2D eigenvalue weighted by atomic mass is 9.95. The zero-order valence-electron chi connectivity index (χ0n) is 17.7. The quantitative estimate of drug-likeness (QED) is 0.125. The molecule has 0 bridgehead atoms. The smallest absolute Gasteiger partial charge is 0.321 e. The number of alkyl halides is 1. The van der Waals surface area contributed by atoms with Crippen LogP contribution in [0.25, 0.3) is 27.8 Å². The topological polar surface area (TPSA) is 99.5 Å². The Kier molecular flexibility index (Phi) is 6.44. The average Bonchev–Trinajstić information content (AvgIpc) is 3.67. The number of hydrogen-bond donors (Lipinski definition) is 3. The van der Waals surface area contributed by atoms with Crippen molar-refractivity contribution in [3.63, 3.8) is 0 Å². The average molecular weight is 485 g/mol. The molecule has 3 heterocycles. The molecule has 0 unspecified atom stereocenters. The monoisotopic (exact) mass is 484 g/mol. The highest BCUT2D eigenvalue weighted by atomic mass is 35.5. The molecule has 4 aromatic rings. The van der Waals surface area contributed by atoms with Crippen LogP contribution in [0.1, 0.15) is 29.9 Å². The van der Waals surface area contributed by atoms with E-state index in [9.17, 15) is 9.18 Å². The number of nitrogens with two attached hydrogens (primary N) is 1. The Balaban J connectivity index is 0.00000126. The van der Waals surface area contributed by atoms with Gasteiger partial charge in [0.25, 0.3) is 5.69 Å². The number of nitrogen functional groups attached to an aromatic ring is 1. The van der Waals surface area contributed by atoms with Crippen molar-refractivity contribution >= 4 is 46.1 Å². The first-order chi connectivity index (χ1) is 16.0. The highest BCUT2D eigenvalue weighted by Gasteiger charge is 2.30. The fourth-order valence-electron chi connectivity index (χ4n) is 3.91. The van der Waals surface area contributed by atoms with Crippen LogP contribution in [-0.2, 0) is 0 Å². The zero-order valence-corrected chi connectivity index (χ0v) is 19.2. The van der Waals surface area contributed by atoms with Gasteiger partial charge < -0.3 is 16.1 Å². The Labute approximate surface area is 199 Å². The van der Waals surface area contributed by atoms with Crippen molar-refractivity contribution in [1.29, 1.82) is 5.41 Å². The van der Waals surface area contributed by atoms with Crippen LogP contribution in [0.15, 0.2) is 53.6 Å². The maximum Gasteiger partial charge on any atom is 0.321 e. The second-order valence-corrected chi connectivity index (χ2v) is 7.92. The minimum absolute atomic E-state index is 0.161. The number of H-pyrrole nitrogens is 1. The summed E-state index contributed by atoms with van der Waals surface area (Å²) >= 11 is 11.2. The number of anilines is 1. The van der Waals surface area contributed by atoms with E-state index in [-0.39, 0.29) is 22.5 Å². The molecule has 1 saturated carbocycles. The molecule has 168 valence electrons. The van der Waals surface area contributed by atoms with Crippen molar-refractivity contribution in [3.05, 3.63) is 81.2 Å². The molecule has 6 nitrogen and oxygen atoms in total. The van der Waals surface area contributed by atoms with Gasteiger partial charge in [-0.1, -0.05) is 23.7 Å². The summed E-state index contributed by atoms with van der Waals surface area (Å²) in [6.07, 6.45) is 8.00. The molecule has 1 fully saturated rings. The van der Waals surface area contributed by atoms with Gasteiger partial charge in [-0.05, 0) is 36.5 Å². The Morgan fingerprint density at radius 3 is 2.58 bits per heavy atom. The summed E-state index contributed by atoms with van der Waals surface area (Å²) in [5, 5.41) is 8.21. The molecular formula is C24H21Cl2FN5O+. The molecule has 3 aromatic heterocycles. The summed E-state index contributed by atoms with van der Waals surface area (Å²) in [7, 11) is 0. The number of halogens is 3. The summed E-state index contributed by atoms with van der Waals surface area (Å²) in [6.45, 7) is 0. The first kappa shape index (κ1) is 22.9. The lowest BCUT2D eigenvalue weighted by Gasteiger charge is -2.14. The molecule has 0 spiro atoms. The van der Waals surface area contributed by atoms with Gasteiger partial charge in [-0.2, -0.15) is 4.57 Å². The van der Waals surface area contributed by atoms with Crippen LogP contribution in [0.4, 0.5) is 10.1 Å². The Morgan fingerprint density at radius 1 is 1.24 bits per heavy atom. The summed E-state index contributed by atoms with van der Waals surface area (Å²) < 4.78 is 15.8. The van der Waals surface area contributed by atoms with E-state index in [2.05, 4.69) is 21.6 Å². The SMILES string of the molecule is CCl.N=Cc1c(-c2c(-[n+]3ccccc3)c(=O)[nH]c3cc(C4CC4)c(Cl)nc23)ccc(F)c1N. The molecule has 5 rings (SSSR count). The van der Waals surface area contributed by atoms with E-state index in [0.717, 1.165) is 24.6 Å². The van der Waals surface area contributed by atoms with Crippen molar-refractivity contribution in [2.75, 3.05) is 12.1 Å². The predicted molar refractivity (Wildman–Crippen MR) is 130 cm³/mol. The van der Waals surface area contributed by atoms with Crippen molar-refractivity contribution < 1.29 is 8.96 Å². The Morgan fingerprint density at radius 2 is 1.94 bits per heavy atom. The lowest BCUT2D eigenvalue weighted by molar-refractivity contribution is -0.596. The summed E-state index contributed by atoms with van der Waals surface area (Å²) in [6, 6.07) is 10.0. The minimum atomic E-state index is -0.632. The highest BCUT2D eigenvalue weighted by Crippen LogP contribution is 2.44. The van der Waals surface area contributed by atoms with Gasteiger partial charge in [0.05, 0.1) is 16.8 Å². The fourth-order valence-corrected chi connectivity index (χ4v) is 4.21. The third-order valence-corrected chi connectivity index (χ3v) is 5.88. The standard InChI is InChI=1S/C23H17ClFN5O.CH3Cl/c24-22-14(12-4-5-12)10-17-20(29-22)18(13-6-7-16(25)19(27)15(13)11-26)21(23(31)28-17)30-8-2-1-3-9-30;1-2/h1-3,6-12H,4-5H2,(H3-,26,27,28,31);1H3/p+1. The number of fused-ring (bicyclic) bond motifs is 1. The van der Waals surface area contributed by atoms with E-state index in [0.29, 0.717) is 33.2 Å². The largest absolute Gasteiger partial charge is 0.396 e. The minimum Gasteiger partial charge on any atom is -0.396 e. The number of nitrogens with zero attached hydrogens (tertiary/aromatic N) is 2. The number of nitrogens with one attached hydrogen (secondary N) is 2. The van der Waals surface area contributed by atoms with Crippen molar-refractivity contribution in [3.8, 4) is 16.8 Å². The van der Waals surface area contributed by atoms with E-state index in [1.165, 1.54) is 18.5 Å². The van der Waals surface area contributed by atoms with E-state index in [4.69, 9.17) is 22.7 Å². The van der Waals surface area contributed by atoms with Crippen LogP contribution >= 0.6 is 23.2 Å². The molecule has 1 aliphatic rings. The molecule has 0 radical (unpaired) electrons. The third-order valence-electron chi connectivity index (χ3n) is 5.58. The van der Waals surface area contributed by atoms with E-state index in [1.54, 1.807) is 29.1 Å². The molecule has 1 aliphatic carbocycles. The molecule has 9 heteroatoms. The second-order valence-electron chi connectivity index (χ2n) is 7.57. The van der Waals surface area contributed by atoms with Crippen LogP contribution in [0, 0.1) is 11.2 Å². The van der Waals surface area contributed by atoms with E-state index < -0.39 is 5.82 Å². The number of aromatic nitrogens is 3. The molecule has 1 aromatic carbocycles. The van der Waals surface area contributed by atoms with Crippen LogP contribution in [0.3, 0.4) is 0 Å². The summed E-state index contributed by atoms with van der Waals surface area (Å²) in [5.41, 5.74) is 8.65. The normalized spacial score (nSPS) is 12.8. The fraction of sp³-hybridized carbons (Fsp3) is 0.167. The first-order valence-electron chi connectivity index (χ1n) is 10.2. The molecule has 33 heavy (non-hydrogen) atoms. The Hall–Kier alpha value is -3.29. The lowest BCUT2D eigenvalue weighted by Crippen LogP contribution is -2.37. The van der Waals surface area contributed by atoms with Crippen molar-refractivity contribution in [2.24, 2.45) is 0 Å². The van der Waals surface area contributed by atoms with Crippen LogP contribution in [0.5, 0.6) is 0 Å². The summed E-state index contributed by atoms with van der Waals surface area (Å²) in [5.74, 6) is -0.287. The molecule has 0 atom stereocenters. The van der Waals surface area contributed by atoms with Gasteiger partial charge in [-0.3, -0.25) is 4.79 Å². The van der Waals surface area contributed by atoms with Gasteiger partial charge in [0, 0.05) is 35.9 Å². The first-order valence-corrected chi connectivity index (χ1v) is 11.3. The van der Waals surface area contributed by atoms with Crippen molar-refractivity contribution in [2.45, 2.75) is 18.8 Å². The summed E-state index contributed by atoms with van der Waals surface area (Å²) in [4.78, 5) is 20.8.